The van der Waals surface area contributed by atoms with Gasteiger partial charge in [0.15, 0.2) is 0 Å². The number of rotatable bonds is 2. The first-order valence-corrected chi connectivity index (χ1v) is 6.51. The Balaban J connectivity index is 2.15. The Morgan fingerprint density at radius 3 is 2.75 bits per heavy atom. The van der Waals surface area contributed by atoms with Gasteiger partial charge in [0.25, 0.3) is 0 Å². The monoisotopic (exact) mass is 266 g/mol. The third kappa shape index (κ3) is 2.17. The molecule has 1 atom stereocenters. The summed E-state index contributed by atoms with van der Waals surface area (Å²) in [5.74, 6) is -0.265. The molecule has 1 aromatic heterocycles. The maximum absolute atomic E-state index is 14.1. The zero-order chi connectivity index (χ0) is 14.1. The fraction of sp³-hybridized carbons (Fsp3) is 0.118. The number of aryl methyl sites for hydroxylation is 1. The van der Waals surface area contributed by atoms with Crippen LogP contribution in [0.25, 0.3) is 10.8 Å². The van der Waals surface area contributed by atoms with E-state index >= 15 is 0 Å². The highest BCUT2D eigenvalue weighted by Crippen LogP contribution is 2.28. The summed E-state index contributed by atoms with van der Waals surface area (Å²) in [4.78, 5) is 4.14. The molecule has 2 N–H and O–H groups in total. The molecule has 0 bridgehead atoms. The summed E-state index contributed by atoms with van der Waals surface area (Å²) in [6.07, 6.45) is 3.51. The first-order chi connectivity index (χ1) is 9.66. The van der Waals surface area contributed by atoms with Gasteiger partial charge in [0.1, 0.15) is 5.82 Å². The van der Waals surface area contributed by atoms with Crippen molar-refractivity contribution in [1.29, 1.82) is 0 Å². The summed E-state index contributed by atoms with van der Waals surface area (Å²) in [5.41, 5.74) is 8.55. The van der Waals surface area contributed by atoms with Crippen molar-refractivity contribution in [2.75, 3.05) is 0 Å². The number of halogens is 1. The smallest absolute Gasteiger partial charge is 0.128 e. The molecule has 3 aromatic rings. The molecule has 3 rings (SSSR count). The molecule has 0 saturated heterocycles. The maximum atomic E-state index is 14.1. The van der Waals surface area contributed by atoms with Crippen molar-refractivity contribution in [2.24, 2.45) is 5.73 Å². The standard InChI is InChI=1S/C17H15FN2/c1-11-5-6-14(16(18)9-11)17(19)13-4-2-3-12-7-8-20-10-15(12)13/h2-10,17H,19H2,1H3. The summed E-state index contributed by atoms with van der Waals surface area (Å²) in [5, 5.41) is 2.02. The molecule has 0 amide bonds. The van der Waals surface area contributed by atoms with Crippen LogP contribution in [0.4, 0.5) is 4.39 Å². The van der Waals surface area contributed by atoms with E-state index in [1.807, 2.05) is 37.3 Å². The van der Waals surface area contributed by atoms with Crippen LogP contribution < -0.4 is 5.73 Å². The van der Waals surface area contributed by atoms with Crippen LogP contribution in [0.1, 0.15) is 22.7 Å². The zero-order valence-corrected chi connectivity index (χ0v) is 11.2. The molecular weight excluding hydrogens is 251 g/mol. The molecule has 2 nitrogen and oxygen atoms in total. The lowest BCUT2D eigenvalue weighted by atomic mass is 9.94. The van der Waals surface area contributed by atoms with Gasteiger partial charge in [0.05, 0.1) is 6.04 Å². The van der Waals surface area contributed by atoms with Gasteiger partial charge in [-0.1, -0.05) is 30.3 Å². The highest BCUT2D eigenvalue weighted by molar-refractivity contribution is 5.85. The highest BCUT2D eigenvalue weighted by atomic mass is 19.1. The molecule has 100 valence electrons. The van der Waals surface area contributed by atoms with E-state index in [1.54, 1.807) is 18.5 Å². The lowest BCUT2D eigenvalue weighted by molar-refractivity contribution is 0.599. The average Bonchev–Trinajstić information content (AvgIpc) is 2.46. The molecule has 2 aromatic carbocycles. The average molecular weight is 266 g/mol. The highest BCUT2D eigenvalue weighted by Gasteiger charge is 2.15. The number of nitrogens with two attached hydrogens (primary N) is 1. The fourth-order valence-corrected chi connectivity index (χ4v) is 2.46. The Morgan fingerprint density at radius 2 is 1.95 bits per heavy atom. The van der Waals surface area contributed by atoms with Crippen LogP contribution >= 0.6 is 0 Å². The lowest BCUT2D eigenvalue weighted by Crippen LogP contribution is -2.14. The number of aromatic nitrogens is 1. The fourth-order valence-electron chi connectivity index (χ4n) is 2.46. The molecular formula is C17H15FN2. The molecule has 0 fully saturated rings. The van der Waals surface area contributed by atoms with Crippen molar-refractivity contribution >= 4 is 10.8 Å². The normalized spacial score (nSPS) is 12.6. The Bertz CT molecular complexity index is 763. The van der Waals surface area contributed by atoms with Gasteiger partial charge in [-0.2, -0.15) is 0 Å². The van der Waals surface area contributed by atoms with Gasteiger partial charge in [-0.15, -0.1) is 0 Å². The van der Waals surface area contributed by atoms with Gasteiger partial charge < -0.3 is 5.73 Å². The number of nitrogens with zero attached hydrogens (tertiary/aromatic N) is 1. The minimum absolute atomic E-state index is 0.265. The van der Waals surface area contributed by atoms with Crippen molar-refractivity contribution in [1.82, 2.24) is 4.98 Å². The Morgan fingerprint density at radius 1 is 1.10 bits per heavy atom. The summed E-state index contributed by atoms with van der Waals surface area (Å²) in [6, 6.07) is 12.4. The van der Waals surface area contributed by atoms with Crippen molar-refractivity contribution in [3.63, 3.8) is 0 Å². The lowest BCUT2D eigenvalue weighted by Gasteiger charge is -2.16. The first-order valence-electron chi connectivity index (χ1n) is 6.51. The van der Waals surface area contributed by atoms with E-state index < -0.39 is 6.04 Å². The molecule has 0 radical (unpaired) electrons. The van der Waals surface area contributed by atoms with Crippen LogP contribution in [0, 0.1) is 12.7 Å². The van der Waals surface area contributed by atoms with Crippen LogP contribution in [0.2, 0.25) is 0 Å². The Hall–Kier alpha value is -2.26. The number of pyridine rings is 1. The summed E-state index contributed by atoms with van der Waals surface area (Å²) in [6.45, 7) is 1.86. The van der Waals surface area contributed by atoms with Crippen LogP contribution in [0.15, 0.2) is 54.9 Å². The van der Waals surface area contributed by atoms with Crippen molar-refractivity contribution in [3.8, 4) is 0 Å². The predicted molar refractivity (Wildman–Crippen MR) is 78.9 cm³/mol. The minimum Gasteiger partial charge on any atom is -0.320 e. The van der Waals surface area contributed by atoms with E-state index in [1.165, 1.54) is 6.07 Å². The molecule has 0 spiro atoms. The molecule has 1 heterocycles. The largest absolute Gasteiger partial charge is 0.320 e. The Labute approximate surface area is 117 Å². The number of fused-ring (bicyclic) bond motifs is 1. The summed E-state index contributed by atoms with van der Waals surface area (Å²) < 4.78 is 14.1. The molecule has 0 saturated carbocycles. The molecule has 0 aliphatic carbocycles. The van der Waals surface area contributed by atoms with Crippen LogP contribution in [-0.2, 0) is 0 Å². The maximum Gasteiger partial charge on any atom is 0.128 e. The van der Waals surface area contributed by atoms with E-state index in [4.69, 9.17) is 5.73 Å². The second kappa shape index (κ2) is 5.02. The van der Waals surface area contributed by atoms with Gasteiger partial charge in [-0.25, -0.2) is 4.39 Å². The quantitative estimate of drug-likeness (QED) is 0.767. The topological polar surface area (TPSA) is 38.9 Å². The summed E-state index contributed by atoms with van der Waals surface area (Å²) >= 11 is 0. The van der Waals surface area contributed by atoms with Gasteiger partial charge in [-0.05, 0) is 35.6 Å². The second-order valence-corrected chi connectivity index (χ2v) is 4.95. The van der Waals surface area contributed by atoms with E-state index in [9.17, 15) is 4.39 Å². The van der Waals surface area contributed by atoms with Crippen molar-refractivity contribution in [2.45, 2.75) is 13.0 Å². The number of hydrogen-bond acceptors (Lipinski definition) is 2. The van der Waals surface area contributed by atoms with Gasteiger partial charge in [-0.3, -0.25) is 4.98 Å². The number of hydrogen-bond donors (Lipinski definition) is 1. The third-order valence-corrected chi connectivity index (χ3v) is 3.54. The first kappa shape index (κ1) is 12.8. The summed E-state index contributed by atoms with van der Waals surface area (Å²) in [7, 11) is 0. The minimum atomic E-state index is -0.497. The Kier molecular flexibility index (Phi) is 3.20. The molecule has 1 unspecified atom stereocenters. The van der Waals surface area contributed by atoms with E-state index in [0.717, 1.165) is 21.9 Å². The predicted octanol–water partition coefficient (Wildman–Crippen LogP) is 3.73. The molecule has 3 heteroatoms. The molecule has 20 heavy (non-hydrogen) atoms. The van der Waals surface area contributed by atoms with Gasteiger partial charge in [0, 0.05) is 23.3 Å². The third-order valence-electron chi connectivity index (χ3n) is 3.54. The SMILES string of the molecule is Cc1ccc(C(N)c2cccc3ccncc23)c(F)c1. The molecule has 0 aliphatic rings. The zero-order valence-electron chi connectivity index (χ0n) is 11.2. The second-order valence-electron chi connectivity index (χ2n) is 4.95. The van der Waals surface area contributed by atoms with Crippen LogP contribution in [0.5, 0.6) is 0 Å². The number of benzene rings is 2. The van der Waals surface area contributed by atoms with Crippen molar-refractivity contribution in [3.05, 3.63) is 77.4 Å². The van der Waals surface area contributed by atoms with E-state index in [0.29, 0.717) is 5.56 Å². The van der Waals surface area contributed by atoms with E-state index in [-0.39, 0.29) is 5.82 Å². The van der Waals surface area contributed by atoms with Gasteiger partial charge >= 0.3 is 0 Å². The van der Waals surface area contributed by atoms with Crippen LogP contribution in [-0.4, -0.2) is 4.98 Å². The van der Waals surface area contributed by atoms with E-state index in [2.05, 4.69) is 4.98 Å². The van der Waals surface area contributed by atoms with Crippen LogP contribution in [0.3, 0.4) is 0 Å². The molecule has 0 aliphatic heterocycles. The van der Waals surface area contributed by atoms with Gasteiger partial charge in [0.2, 0.25) is 0 Å². The van der Waals surface area contributed by atoms with Crippen molar-refractivity contribution < 1.29 is 4.39 Å².